The van der Waals surface area contributed by atoms with Crippen LogP contribution in [0.2, 0.25) is 0 Å². The van der Waals surface area contributed by atoms with Crippen LogP contribution in [-0.2, 0) is 9.47 Å². The van der Waals surface area contributed by atoms with Gasteiger partial charge in [-0.1, -0.05) is 25.1 Å². The van der Waals surface area contributed by atoms with E-state index in [9.17, 15) is 0 Å². The van der Waals surface area contributed by atoms with Crippen LogP contribution in [0.5, 0.6) is 0 Å². The molecule has 2 nitrogen and oxygen atoms in total. The Bertz CT molecular complexity index is 507. The number of fused-ring (bicyclic) bond motifs is 1. The van der Waals surface area contributed by atoms with Crippen LogP contribution in [-0.4, -0.2) is 28.1 Å². The molecule has 1 aliphatic heterocycles. The van der Waals surface area contributed by atoms with E-state index in [2.05, 4.69) is 38.1 Å². The second-order valence-corrected chi connectivity index (χ2v) is 8.58. The van der Waals surface area contributed by atoms with Gasteiger partial charge in [-0.2, -0.15) is 0 Å². The number of hydrogen-bond donors (Lipinski definition) is 0. The highest BCUT2D eigenvalue weighted by atomic mass is 35.5. The first-order valence-electron chi connectivity index (χ1n) is 7.55. The molecule has 21 heavy (non-hydrogen) atoms. The van der Waals surface area contributed by atoms with Gasteiger partial charge in [0.1, 0.15) is 5.60 Å². The highest BCUT2D eigenvalue weighted by molar-refractivity contribution is 8.00. The Labute approximate surface area is 136 Å². The summed E-state index contributed by atoms with van der Waals surface area (Å²) in [6, 6.07) is 10.4. The summed E-state index contributed by atoms with van der Waals surface area (Å²) in [5.41, 5.74) is -0.353. The van der Waals surface area contributed by atoms with Gasteiger partial charge in [0.25, 0.3) is 0 Å². The van der Waals surface area contributed by atoms with Crippen molar-refractivity contribution in [2.75, 3.05) is 0 Å². The number of thioether (sulfide) groups is 1. The van der Waals surface area contributed by atoms with E-state index >= 15 is 0 Å². The van der Waals surface area contributed by atoms with E-state index in [4.69, 9.17) is 21.1 Å². The normalized spacial score (nSPS) is 41.8. The minimum atomic E-state index is -0.538. The van der Waals surface area contributed by atoms with Gasteiger partial charge in [-0.25, -0.2) is 0 Å². The summed E-state index contributed by atoms with van der Waals surface area (Å²) in [6.07, 6.45) is 1.06. The lowest BCUT2D eigenvalue weighted by Gasteiger charge is -2.45. The number of ether oxygens (including phenoxy) is 2. The minimum absolute atomic E-state index is 0.0870. The molecule has 0 bridgehead atoms. The molecular formula is C17H23ClO2S. The van der Waals surface area contributed by atoms with Gasteiger partial charge in [-0.3, -0.25) is 0 Å². The first-order valence-corrected chi connectivity index (χ1v) is 8.87. The van der Waals surface area contributed by atoms with E-state index in [1.807, 2.05) is 31.7 Å². The number of halogens is 1. The molecule has 116 valence electrons. The van der Waals surface area contributed by atoms with Crippen LogP contribution in [0.25, 0.3) is 0 Å². The first kappa shape index (κ1) is 15.7. The van der Waals surface area contributed by atoms with Crippen molar-refractivity contribution in [2.24, 2.45) is 5.92 Å². The van der Waals surface area contributed by atoms with Crippen molar-refractivity contribution < 1.29 is 9.47 Å². The minimum Gasteiger partial charge on any atom is -0.344 e. The molecule has 4 heteroatoms. The molecule has 0 radical (unpaired) electrons. The monoisotopic (exact) mass is 326 g/mol. The third-order valence-corrected chi connectivity index (χ3v) is 6.63. The Balaban J connectivity index is 1.91. The van der Waals surface area contributed by atoms with Crippen molar-refractivity contribution in [2.45, 2.75) is 67.1 Å². The van der Waals surface area contributed by atoms with Crippen LogP contribution in [0.1, 0.15) is 34.1 Å². The molecule has 1 saturated heterocycles. The Kier molecular flexibility index (Phi) is 4.07. The zero-order valence-corrected chi connectivity index (χ0v) is 14.6. The van der Waals surface area contributed by atoms with Gasteiger partial charge < -0.3 is 9.47 Å². The van der Waals surface area contributed by atoms with Crippen molar-refractivity contribution >= 4 is 23.4 Å². The van der Waals surface area contributed by atoms with Crippen molar-refractivity contribution in [3.8, 4) is 0 Å². The summed E-state index contributed by atoms with van der Waals surface area (Å²) >= 11 is 8.53. The van der Waals surface area contributed by atoms with Crippen molar-refractivity contribution in [3.05, 3.63) is 30.3 Å². The second kappa shape index (κ2) is 5.45. The number of hydrogen-bond acceptors (Lipinski definition) is 3. The zero-order valence-electron chi connectivity index (χ0n) is 13.0. The summed E-state index contributed by atoms with van der Waals surface area (Å²) in [5.74, 6) is -0.128. The molecule has 1 saturated carbocycles. The molecular weight excluding hydrogens is 304 g/mol. The van der Waals surface area contributed by atoms with Crippen LogP contribution in [0.15, 0.2) is 35.2 Å². The van der Waals surface area contributed by atoms with Gasteiger partial charge in [-0.15, -0.1) is 23.4 Å². The van der Waals surface area contributed by atoms with Crippen LogP contribution < -0.4 is 0 Å². The predicted molar refractivity (Wildman–Crippen MR) is 88.0 cm³/mol. The fraction of sp³-hybridized carbons (Fsp3) is 0.647. The Morgan fingerprint density at radius 1 is 1.19 bits per heavy atom. The average Bonchev–Trinajstić information content (AvgIpc) is 2.67. The van der Waals surface area contributed by atoms with Gasteiger partial charge in [0.05, 0.1) is 11.4 Å². The Morgan fingerprint density at radius 2 is 1.86 bits per heavy atom. The van der Waals surface area contributed by atoms with E-state index in [0.29, 0.717) is 5.92 Å². The maximum absolute atomic E-state index is 6.72. The van der Waals surface area contributed by atoms with Crippen molar-refractivity contribution in [1.82, 2.24) is 0 Å². The van der Waals surface area contributed by atoms with Crippen LogP contribution in [0.3, 0.4) is 0 Å². The van der Waals surface area contributed by atoms with Crippen molar-refractivity contribution in [3.63, 3.8) is 0 Å². The molecule has 1 heterocycles. The fourth-order valence-corrected chi connectivity index (χ4v) is 5.70. The second-order valence-electron chi connectivity index (χ2n) is 6.80. The van der Waals surface area contributed by atoms with E-state index in [-0.39, 0.29) is 22.3 Å². The molecule has 1 aromatic carbocycles. The molecule has 0 unspecified atom stereocenters. The quantitative estimate of drug-likeness (QED) is 0.734. The SMILES string of the molecule is C[C@H]1C[C@@H](Cl)[C@H](Sc2ccccc2)[C@@]2(C)OC(C)(C)O[C@@H]12. The molecule has 0 amide bonds. The molecule has 0 N–H and O–H groups in total. The molecule has 2 aliphatic rings. The van der Waals surface area contributed by atoms with Crippen molar-refractivity contribution in [1.29, 1.82) is 0 Å². The molecule has 1 aromatic rings. The van der Waals surface area contributed by atoms with Gasteiger partial charge >= 0.3 is 0 Å². The predicted octanol–water partition coefficient (Wildman–Crippen LogP) is 4.70. The van der Waals surface area contributed by atoms with Gasteiger partial charge in [-0.05, 0) is 45.2 Å². The smallest absolute Gasteiger partial charge is 0.164 e. The molecule has 3 rings (SSSR count). The van der Waals surface area contributed by atoms with Crippen LogP contribution in [0.4, 0.5) is 0 Å². The topological polar surface area (TPSA) is 18.5 Å². The summed E-state index contributed by atoms with van der Waals surface area (Å²) in [5, 5.41) is 0.272. The van der Waals surface area contributed by atoms with Crippen LogP contribution >= 0.6 is 23.4 Å². The third kappa shape index (κ3) is 2.86. The zero-order chi connectivity index (χ0) is 15.3. The molecule has 0 aromatic heterocycles. The number of rotatable bonds is 2. The standard InChI is InChI=1S/C17H23ClO2S/c1-11-10-13(18)15(21-12-8-6-5-7-9-12)17(4)14(11)19-16(2,3)20-17/h5-9,11,13-15H,10H2,1-4H3/t11-,13+,14-,15-,17-/m0/s1. The fourth-order valence-electron chi connectivity index (χ4n) is 3.73. The Hall–Kier alpha value is -0.220. The largest absolute Gasteiger partial charge is 0.344 e. The first-order chi connectivity index (χ1) is 9.82. The average molecular weight is 327 g/mol. The van der Waals surface area contributed by atoms with Crippen LogP contribution in [0, 0.1) is 5.92 Å². The lowest BCUT2D eigenvalue weighted by atomic mass is 9.76. The van der Waals surface area contributed by atoms with Gasteiger partial charge in [0.2, 0.25) is 0 Å². The Morgan fingerprint density at radius 3 is 2.52 bits per heavy atom. The molecule has 5 atom stereocenters. The van der Waals surface area contributed by atoms with E-state index in [1.165, 1.54) is 4.90 Å². The molecule has 2 fully saturated rings. The lowest BCUT2D eigenvalue weighted by molar-refractivity contribution is -0.160. The summed E-state index contributed by atoms with van der Waals surface area (Å²) in [6.45, 7) is 8.37. The van der Waals surface area contributed by atoms with E-state index in [1.54, 1.807) is 0 Å². The maximum Gasteiger partial charge on any atom is 0.164 e. The summed E-state index contributed by atoms with van der Waals surface area (Å²) in [4.78, 5) is 1.23. The van der Waals surface area contributed by atoms with Gasteiger partial charge in [0, 0.05) is 10.3 Å². The summed E-state index contributed by atoms with van der Waals surface area (Å²) in [7, 11) is 0. The highest BCUT2D eigenvalue weighted by Gasteiger charge is 2.60. The highest BCUT2D eigenvalue weighted by Crippen LogP contribution is 2.53. The molecule has 0 spiro atoms. The molecule has 1 aliphatic carbocycles. The van der Waals surface area contributed by atoms with E-state index < -0.39 is 5.79 Å². The van der Waals surface area contributed by atoms with Gasteiger partial charge in [0.15, 0.2) is 5.79 Å². The number of benzene rings is 1. The lowest BCUT2D eigenvalue weighted by Crippen LogP contribution is -2.57. The third-order valence-electron chi connectivity index (χ3n) is 4.45. The van der Waals surface area contributed by atoms with E-state index in [0.717, 1.165) is 6.42 Å². The maximum atomic E-state index is 6.72. The number of alkyl halides is 1. The summed E-state index contributed by atoms with van der Waals surface area (Å²) < 4.78 is 12.5.